The summed E-state index contributed by atoms with van der Waals surface area (Å²) in [6.07, 6.45) is 32.9. The maximum atomic E-state index is 12.1. The van der Waals surface area contributed by atoms with E-state index in [-0.39, 0.29) is 12.8 Å². The number of carbonyl (C=O) groups is 2. The molecule has 15 nitrogen and oxygen atoms in total. The molecule has 0 saturated carbocycles. The molecule has 5 unspecified atom stereocenters. The summed E-state index contributed by atoms with van der Waals surface area (Å²) in [5, 5.41) is 29.9. The van der Waals surface area contributed by atoms with Crippen molar-refractivity contribution in [1.82, 2.24) is 0 Å². The van der Waals surface area contributed by atoms with E-state index < -0.39 is 85.5 Å². The van der Waals surface area contributed by atoms with Crippen LogP contribution in [0.4, 0.5) is 0 Å². The summed E-state index contributed by atoms with van der Waals surface area (Å²) < 4.78 is 52.8. The standard InChI is InChI=1S/C43H80O15P2/c1-3-5-7-9-11-13-15-17-18-20-22-24-26-28-30-32-43(48)54-34-40(45)36-56-60(51,52)58-38-41(46)37-57-59(49,50)55-35-39(44)33-53-42(47)31-29-27-25-23-21-19-16-14-12-10-8-6-4-2/h6,8,10,12,14,16,39-41,44-46H,3-5,7,9,11,13,15,17-38H2,1-2H3,(H,49,50)(H,51,52)/b8-6+,12-10+,16-14-. The van der Waals surface area contributed by atoms with Gasteiger partial charge in [0.25, 0.3) is 0 Å². The third kappa shape index (κ3) is 41.6. The number of aliphatic hydroxyl groups excluding tert-OH is 3. The molecule has 0 rings (SSSR count). The van der Waals surface area contributed by atoms with Crippen LogP contribution in [0.15, 0.2) is 36.5 Å². The van der Waals surface area contributed by atoms with E-state index in [9.17, 15) is 43.8 Å². The van der Waals surface area contributed by atoms with E-state index in [1.807, 2.05) is 24.3 Å². The Morgan fingerprint density at radius 3 is 1.13 bits per heavy atom. The number of rotatable bonds is 43. The number of ether oxygens (including phenoxy) is 2. The smallest absolute Gasteiger partial charge is 0.463 e. The second-order valence-electron chi connectivity index (χ2n) is 15.1. The third-order valence-corrected chi connectivity index (χ3v) is 11.1. The molecule has 60 heavy (non-hydrogen) atoms. The van der Waals surface area contributed by atoms with Crippen LogP contribution < -0.4 is 0 Å². The van der Waals surface area contributed by atoms with Crippen molar-refractivity contribution in [3.8, 4) is 0 Å². The van der Waals surface area contributed by atoms with E-state index >= 15 is 0 Å². The van der Waals surface area contributed by atoms with Gasteiger partial charge >= 0.3 is 27.6 Å². The van der Waals surface area contributed by atoms with Gasteiger partial charge in [0, 0.05) is 12.8 Å². The Kier molecular flexibility index (Phi) is 38.9. The highest BCUT2D eigenvalue weighted by Crippen LogP contribution is 2.45. The molecule has 0 aromatic heterocycles. The molecule has 0 heterocycles. The van der Waals surface area contributed by atoms with Crippen LogP contribution in [0, 0.1) is 0 Å². The van der Waals surface area contributed by atoms with Gasteiger partial charge in [-0.2, -0.15) is 0 Å². The molecule has 0 aliphatic heterocycles. The number of hydrogen-bond acceptors (Lipinski definition) is 13. The average molecular weight is 899 g/mol. The summed E-state index contributed by atoms with van der Waals surface area (Å²) in [5.74, 6) is -1.01. The topological polar surface area (TPSA) is 225 Å². The van der Waals surface area contributed by atoms with Gasteiger partial charge < -0.3 is 34.6 Å². The molecule has 0 aliphatic rings. The van der Waals surface area contributed by atoms with Gasteiger partial charge in [-0.05, 0) is 32.1 Å². The first-order valence-electron chi connectivity index (χ1n) is 22.4. The van der Waals surface area contributed by atoms with E-state index in [1.165, 1.54) is 70.6 Å². The maximum absolute atomic E-state index is 12.1. The molecule has 0 aromatic rings. The molecular formula is C43H80O15P2. The van der Waals surface area contributed by atoms with Crippen LogP contribution in [0.1, 0.15) is 168 Å². The minimum absolute atomic E-state index is 0.173. The van der Waals surface area contributed by atoms with Crippen molar-refractivity contribution < 1.29 is 71.4 Å². The number of phosphoric ester groups is 2. The summed E-state index contributed by atoms with van der Waals surface area (Å²) in [6, 6.07) is 0. The van der Waals surface area contributed by atoms with Gasteiger partial charge in [-0.25, -0.2) is 9.13 Å². The SMILES string of the molecule is CC/C=C/C=C/C=C\CCCCCCCC(=O)OCC(O)COP(=O)(O)OCC(O)COP(=O)(O)OCC(O)COC(=O)CCCCCCCCCCCCCCCCC. The van der Waals surface area contributed by atoms with Crippen molar-refractivity contribution in [2.24, 2.45) is 0 Å². The second kappa shape index (κ2) is 40.1. The number of aliphatic hydroxyl groups is 3. The normalized spacial score (nSPS) is 15.7. The number of esters is 2. The van der Waals surface area contributed by atoms with Gasteiger partial charge in [0.2, 0.25) is 0 Å². The van der Waals surface area contributed by atoms with Crippen molar-refractivity contribution in [2.45, 2.75) is 186 Å². The highest BCUT2D eigenvalue weighted by molar-refractivity contribution is 7.47. The fraction of sp³-hybridized carbons (Fsp3) is 0.814. The van der Waals surface area contributed by atoms with E-state index in [0.29, 0.717) is 12.8 Å². The fourth-order valence-corrected chi connectivity index (χ4v) is 7.27. The zero-order valence-electron chi connectivity index (χ0n) is 36.6. The van der Waals surface area contributed by atoms with Gasteiger partial charge in [0.15, 0.2) is 0 Å². The highest BCUT2D eigenvalue weighted by atomic mass is 31.2. The predicted octanol–water partition coefficient (Wildman–Crippen LogP) is 9.49. The highest BCUT2D eigenvalue weighted by Gasteiger charge is 2.28. The lowest BCUT2D eigenvalue weighted by Crippen LogP contribution is -2.25. The van der Waals surface area contributed by atoms with Crippen LogP contribution in [0.5, 0.6) is 0 Å². The number of phosphoric acid groups is 2. The molecule has 5 atom stereocenters. The predicted molar refractivity (Wildman–Crippen MR) is 233 cm³/mol. The molecule has 0 spiro atoms. The molecule has 0 bridgehead atoms. The van der Waals surface area contributed by atoms with Gasteiger partial charge in [-0.3, -0.25) is 27.7 Å². The van der Waals surface area contributed by atoms with Crippen LogP contribution >= 0.6 is 15.6 Å². The second-order valence-corrected chi connectivity index (χ2v) is 18.0. The first-order valence-corrected chi connectivity index (χ1v) is 25.4. The molecule has 0 aliphatic carbocycles. The molecule has 0 amide bonds. The minimum atomic E-state index is -4.78. The van der Waals surface area contributed by atoms with Crippen molar-refractivity contribution in [3.05, 3.63) is 36.5 Å². The van der Waals surface area contributed by atoms with Crippen molar-refractivity contribution in [2.75, 3.05) is 39.6 Å². The first-order chi connectivity index (χ1) is 28.8. The molecule has 0 radical (unpaired) electrons. The summed E-state index contributed by atoms with van der Waals surface area (Å²) in [5.41, 5.74) is 0. The number of unbranched alkanes of at least 4 members (excludes halogenated alkanes) is 19. The van der Waals surface area contributed by atoms with Crippen LogP contribution in [-0.4, -0.2) is 95.0 Å². The monoisotopic (exact) mass is 898 g/mol. The number of carbonyl (C=O) groups excluding carboxylic acids is 2. The van der Waals surface area contributed by atoms with Gasteiger partial charge in [0.05, 0.1) is 26.4 Å². The molecule has 17 heteroatoms. The Labute approximate surface area is 360 Å². The van der Waals surface area contributed by atoms with Gasteiger partial charge in [-0.1, -0.05) is 159 Å². The van der Waals surface area contributed by atoms with Gasteiger partial charge in [-0.15, -0.1) is 0 Å². The van der Waals surface area contributed by atoms with Crippen molar-refractivity contribution >= 4 is 27.6 Å². The van der Waals surface area contributed by atoms with Crippen molar-refractivity contribution in [3.63, 3.8) is 0 Å². The van der Waals surface area contributed by atoms with E-state index in [1.54, 1.807) is 0 Å². The summed E-state index contributed by atoms with van der Waals surface area (Å²) in [4.78, 5) is 43.6. The Morgan fingerprint density at radius 1 is 0.450 bits per heavy atom. The number of allylic oxidation sites excluding steroid dienone is 6. The lowest BCUT2D eigenvalue weighted by atomic mass is 10.0. The first kappa shape index (κ1) is 58.3. The summed E-state index contributed by atoms with van der Waals surface area (Å²) >= 11 is 0. The summed E-state index contributed by atoms with van der Waals surface area (Å²) in [6.45, 7) is 0.259. The van der Waals surface area contributed by atoms with E-state index in [0.717, 1.165) is 57.8 Å². The lowest BCUT2D eigenvalue weighted by molar-refractivity contribution is -0.148. The average Bonchev–Trinajstić information content (AvgIpc) is 3.22. The molecule has 352 valence electrons. The van der Waals surface area contributed by atoms with Crippen LogP contribution in [-0.2, 0) is 46.3 Å². The Morgan fingerprint density at radius 2 is 0.767 bits per heavy atom. The largest absolute Gasteiger partial charge is 0.472 e. The maximum Gasteiger partial charge on any atom is 0.472 e. The zero-order chi connectivity index (χ0) is 44.6. The molecule has 0 aromatic carbocycles. The fourth-order valence-electron chi connectivity index (χ4n) is 5.68. The molecule has 0 fully saturated rings. The molecule has 0 saturated heterocycles. The Balaban J connectivity index is 3.92. The molecular weight excluding hydrogens is 818 g/mol. The Hall–Kier alpha value is -1.74. The summed E-state index contributed by atoms with van der Waals surface area (Å²) in [7, 11) is -9.56. The quantitative estimate of drug-likeness (QED) is 0.0166. The molecule has 5 N–H and O–H groups in total. The van der Waals surface area contributed by atoms with E-state index in [2.05, 4.69) is 44.1 Å². The van der Waals surface area contributed by atoms with E-state index in [4.69, 9.17) is 9.47 Å². The van der Waals surface area contributed by atoms with Crippen LogP contribution in [0.2, 0.25) is 0 Å². The van der Waals surface area contributed by atoms with Crippen LogP contribution in [0.25, 0.3) is 0 Å². The van der Waals surface area contributed by atoms with Crippen molar-refractivity contribution in [1.29, 1.82) is 0 Å². The Bertz CT molecular complexity index is 1230. The minimum Gasteiger partial charge on any atom is -0.463 e. The third-order valence-electron chi connectivity index (χ3n) is 9.17. The van der Waals surface area contributed by atoms with Gasteiger partial charge in [0.1, 0.15) is 31.5 Å². The lowest BCUT2D eigenvalue weighted by Gasteiger charge is -2.19. The van der Waals surface area contributed by atoms with Crippen LogP contribution in [0.3, 0.4) is 0 Å². The number of hydrogen-bond donors (Lipinski definition) is 5. The zero-order valence-corrected chi connectivity index (χ0v) is 38.4.